The molecule has 4 amide bonds. The Labute approximate surface area is 306 Å². The molecule has 0 unspecified atom stereocenters. The van der Waals surface area contributed by atoms with Crippen molar-refractivity contribution in [2.24, 2.45) is 28.0 Å². The van der Waals surface area contributed by atoms with Crippen LogP contribution in [0.5, 0.6) is 11.5 Å². The lowest BCUT2D eigenvalue weighted by atomic mass is 9.56. The minimum atomic E-state index is -1.96. The van der Waals surface area contributed by atoms with E-state index in [0.717, 1.165) is 10.6 Å². The number of allylic oxidation sites excluding steroid dienone is 2. The first-order valence-corrected chi connectivity index (χ1v) is 17.4. The van der Waals surface area contributed by atoms with Crippen molar-refractivity contribution in [1.82, 2.24) is 4.90 Å². The number of nitrogens with zero attached hydrogens (tertiary/aromatic N) is 5. The summed E-state index contributed by atoms with van der Waals surface area (Å²) < 4.78 is 5.67. The Balaban J connectivity index is 1.23. The first-order chi connectivity index (χ1) is 23.7. The Morgan fingerprint density at radius 2 is 1.54 bits per heavy atom. The third kappa shape index (κ3) is 4.90. The lowest BCUT2D eigenvalue weighted by molar-refractivity contribution is -0.138. The molecule has 1 saturated carbocycles. The number of rotatable bonds is 6. The van der Waals surface area contributed by atoms with Gasteiger partial charge in [0.1, 0.15) is 0 Å². The molecular formula is C36H32BrCl2N5O6. The summed E-state index contributed by atoms with van der Waals surface area (Å²) in [7, 11) is 6.62. The van der Waals surface area contributed by atoms with Gasteiger partial charge in [-0.2, -0.15) is 10.2 Å². The van der Waals surface area contributed by atoms with Crippen molar-refractivity contribution < 1.29 is 29.0 Å². The van der Waals surface area contributed by atoms with E-state index in [4.69, 9.17) is 27.9 Å². The van der Waals surface area contributed by atoms with Crippen molar-refractivity contribution in [1.29, 1.82) is 0 Å². The number of benzene rings is 3. The van der Waals surface area contributed by atoms with Crippen LogP contribution >= 0.6 is 39.1 Å². The highest BCUT2D eigenvalue weighted by Gasteiger charge is 2.76. The number of fused-ring (bicyclic) bond motifs is 4. The van der Waals surface area contributed by atoms with E-state index in [0.29, 0.717) is 28.2 Å². The normalized spacial score (nSPS) is 28.9. The molecular weight excluding hydrogens is 749 g/mol. The maximum atomic E-state index is 14.3. The van der Waals surface area contributed by atoms with E-state index in [1.807, 2.05) is 49.3 Å². The number of aromatic hydroxyl groups is 1. The number of likely N-dealkylation sites (tertiary alicyclic amines) is 1. The first-order valence-electron chi connectivity index (χ1n) is 15.9. The molecule has 4 aliphatic rings. The second kappa shape index (κ2) is 12.2. The quantitative estimate of drug-likeness (QED) is 0.125. The highest BCUT2D eigenvalue weighted by atomic mass is 79.9. The van der Waals surface area contributed by atoms with Gasteiger partial charge in [0, 0.05) is 32.7 Å². The molecule has 1 N–H and O–H groups in total. The molecule has 258 valence electrons. The Morgan fingerprint density at radius 3 is 2.14 bits per heavy atom. The molecule has 50 heavy (non-hydrogen) atoms. The zero-order chi connectivity index (χ0) is 35.9. The van der Waals surface area contributed by atoms with Crippen LogP contribution in [0.1, 0.15) is 24.3 Å². The third-order valence-electron chi connectivity index (χ3n) is 10.4. The average Bonchev–Trinajstić information content (AvgIpc) is 3.43. The van der Waals surface area contributed by atoms with Crippen LogP contribution in [0.2, 0.25) is 0 Å². The van der Waals surface area contributed by atoms with Gasteiger partial charge >= 0.3 is 0 Å². The van der Waals surface area contributed by atoms with E-state index >= 15 is 0 Å². The smallest absolute Gasteiger partial charge is 0.253 e. The number of anilines is 2. The topological polar surface area (TPSA) is 132 Å². The fraction of sp³-hybridized carbons (Fsp3) is 0.333. The van der Waals surface area contributed by atoms with Crippen LogP contribution in [0.15, 0.2) is 87.0 Å². The molecule has 3 fully saturated rings. The summed E-state index contributed by atoms with van der Waals surface area (Å²) in [5, 5.41) is 19.2. The summed E-state index contributed by atoms with van der Waals surface area (Å²) in [5.74, 6) is -5.46. The summed E-state index contributed by atoms with van der Waals surface area (Å²) in [5.41, 5.74) is 3.70. The van der Waals surface area contributed by atoms with Gasteiger partial charge in [0.05, 0.1) is 40.5 Å². The zero-order valence-corrected chi connectivity index (χ0v) is 30.5. The maximum Gasteiger partial charge on any atom is 0.253 e. The summed E-state index contributed by atoms with van der Waals surface area (Å²) in [4.78, 5) is 56.1. The number of carbonyl (C=O) groups is 4. The number of alkyl halides is 2. The highest BCUT2D eigenvalue weighted by Crippen LogP contribution is 2.65. The van der Waals surface area contributed by atoms with Crippen LogP contribution in [-0.2, 0) is 19.2 Å². The number of imide groups is 2. The Kier molecular flexibility index (Phi) is 8.35. The SMILES string of the molecule is COc1cc([C@H]2C3=CC[C@@H]4C(=O)N(c5ccc(N=Nc6ccc(N(C)C)cc6)cc5)C(=O)[C@@H]4[C@@H]3C[C@@]3(Cl)C(=O)N(C)C(=O)[C@@]23Cl)cc(Br)c1O. The van der Waals surface area contributed by atoms with Gasteiger partial charge in [-0.1, -0.05) is 11.6 Å². The molecule has 2 heterocycles. The van der Waals surface area contributed by atoms with E-state index in [1.54, 1.807) is 36.4 Å². The molecule has 2 saturated heterocycles. The van der Waals surface area contributed by atoms with Crippen LogP contribution in [0.4, 0.5) is 22.7 Å². The number of hydrogen-bond donors (Lipinski definition) is 1. The number of amides is 4. The van der Waals surface area contributed by atoms with Crippen LogP contribution in [0, 0.1) is 17.8 Å². The van der Waals surface area contributed by atoms with Crippen LogP contribution in [-0.4, -0.2) is 71.6 Å². The second-order valence-corrected chi connectivity index (χ2v) is 15.3. The third-order valence-corrected chi connectivity index (χ3v) is 12.4. The van der Waals surface area contributed by atoms with Crippen molar-refractivity contribution >= 4 is 85.5 Å². The van der Waals surface area contributed by atoms with Crippen LogP contribution in [0.25, 0.3) is 0 Å². The fourth-order valence-electron chi connectivity index (χ4n) is 7.89. The van der Waals surface area contributed by atoms with Crippen LogP contribution in [0.3, 0.4) is 0 Å². The monoisotopic (exact) mass is 779 g/mol. The number of azo groups is 1. The molecule has 14 heteroatoms. The number of phenols is 1. The van der Waals surface area contributed by atoms with Crippen molar-refractivity contribution in [2.75, 3.05) is 38.1 Å². The molecule has 3 aromatic carbocycles. The highest BCUT2D eigenvalue weighted by molar-refractivity contribution is 9.10. The van der Waals surface area contributed by atoms with Gasteiger partial charge in [0.2, 0.25) is 11.8 Å². The van der Waals surface area contributed by atoms with Gasteiger partial charge in [0.15, 0.2) is 21.2 Å². The molecule has 0 spiro atoms. The molecule has 3 aromatic rings. The van der Waals surface area contributed by atoms with Gasteiger partial charge in [-0.3, -0.25) is 29.0 Å². The molecule has 0 aromatic heterocycles. The van der Waals surface area contributed by atoms with E-state index in [-0.39, 0.29) is 34.7 Å². The molecule has 11 nitrogen and oxygen atoms in total. The predicted octanol–water partition coefficient (Wildman–Crippen LogP) is 6.84. The average molecular weight is 781 g/mol. The van der Waals surface area contributed by atoms with Gasteiger partial charge in [0.25, 0.3) is 11.8 Å². The van der Waals surface area contributed by atoms with Crippen LogP contribution < -0.4 is 14.5 Å². The Hall–Kier alpha value is -4.26. The summed E-state index contributed by atoms with van der Waals surface area (Å²) in [6, 6.07) is 17.4. The van der Waals surface area contributed by atoms with Crippen molar-refractivity contribution in [3.8, 4) is 11.5 Å². The molecule has 7 rings (SSSR count). The zero-order valence-electron chi connectivity index (χ0n) is 27.4. The number of hydrogen-bond acceptors (Lipinski definition) is 9. The fourth-order valence-corrected chi connectivity index (χ4v) is 9.37. The van der Waals surface area contributed by atoms with E-state index in [1.165, 1.54) is 19.1 Å². The lowest BCUT2D eigenvalue weighted by Crippen LogP contribution is -2.60. The second-order valence-electron chi connectivity index (χ2n) is 13.2. The minimum absolute atomic E-state index is 0.111. The van der Waals surface area contributed by atoms with Gasteiger partial charge < -0.3 is 14.7 Å². The van der Waals surface area contributed by atoms with Gasteiger partial charge in [-0.05, 0) is 101 Å². The summed E-state index contributed by atoms with van der Waals surface area (Å²) >= 11 is 17.9. The molecule has 2 aliphatic heterocycles. The lowest BCUT2D eigenvalue weighted by Gasteiger charge is -2.50. The standard InChI is InChI=1S/C36H32BrCl2N5O6/c1-42(2)21-9-5-19(6-10-21)40-41-20-7-11-22(12-8-20)44-31(46)24-14-13-23-25(28(24)32(44)47)17-35(38)33(48)43(3)34(49)36(35,39)29(23)18-15-26(37)30(45)27(16-18)50-4/h5-13,15-16,24-25,28-29,45H,14,17H2,1-4H3/t24-,25+,28-,29-,35+,36-/m0/s1. The van der Waals surface area contributed by atoms with Crippen molar-refractivity contribution in [3.05, 3.63) is 82.3 Å². The number of methoxy groups -OCH3 is 1. The Bertz CT molecular complexity index is 2020. The largest absolute Gasteiger partial charge is 0.503 e. The summed E-state index contributed by atoms with van der Waals surface area (Å²) in [6.45, 7) is 0. The van der Waals surface area contributed by atoms with Gasteiger partial charge in [-0.25, -0.2) is 0 Å². The Morgan fingerprint density at radius 1 is 0.920 bits per heavy atom. The first kappa shape index (κ1) is 34.2. The number of halogens is 3. The van der Waals surface area contributed by atoms with Gasteiger partial charge in [-0.15, -0.1) is 23.2 Å². The van der Waals surface area contributed by atoms with Crippen molar-refractivity contribution in [3.63, 3.8) is 0 Å². The number of ether oxygens (including phenoxy) is 1. The molecule has 0 radical (unpaired) electrons. The molecule has 2 aliphatic carbocycles. The van der Waals surface area contributed by atoms with E-state index in [9.17, 15) is 24.3 Å². The summed E-state index contributed by atoms with van der Waals surface area (Å²) in [6.07, 6.45) is 1.93. The minimum Gasteiger partial charge on any atom is -0.503 e. The molecule has 6 atom stereocenters. The number of phenolic OH excluding ortho intramolecular Hbond substituents is 1. The van der Waals surface area contributed by atoms with E-state index < -0.39 is 51.1 Å². The van der Waals surface area contributed by atoms with E-state index in [2.05, 4.69) is 26.2 Å². The number of carbonyl (C=O) groups excluding carboxylic acids is 4. The van der Waals surface area contributed by atoms with Crippen molar-refractivity contribution in [2.45, 2.75) is 28.5 Å². The maximum absolute atomic E-state index is 14.3. The molecule has 0 bridgehead atoms. The predicted molar refractivity (Wildman–Crippen MR) is 192 cm³/mol.